The van der Waals surface area contributed by atoms with Crippen molar-refractivity contribution < 1.29 is 0 Å². The number of benzene rings is 3. The van der Waals surface area contributed by atoms with Crippen LogP contribution in [0.3, 0.4) is 0 Å². The van der Waals surface area contributed by atoms with Crippen molar-refractivity contribution in [3.05, 3.63) is 165 Å². The highest BCUT2D eigenvalue weighted by atomic mass is 14.4. The van der Waals surface area contributed by atoms with Gasteiger partial charge in [0.05, 0.1) is 0 Å². The van der Waals surface area contributed by atoms with E-state index in [9.17, 15) is 0 Å². The van der Waals surface area contributed by atoms with Crippen LogP contribution in [0.15, 0.2) is 126 Å². The SMILES string of the molecule is C=C(CCC)C1=C(C)C=C2CC(=Cc3ccc(CCc4ccc(C(=C)C)cc4)c(CCC)c3)C(=C)C2C1c1ccc(CC)cc1. The molecule has 1 fully saturated rings. The first kappa shape index (κ1) is 32.5. The first-order chi connectivity index (χ1) is 21.7. The third-order valence-electron chi connectivity index (χ3n) is 9.95. The lowest BCUT2D eigenvalue weighted by Gasteiger charge is -2.34. The Balaban J connectivity index is 1.42. The Bertz CT molecular complexity index is 1660. The molecule has 2 unspecified atom stereocenters. The molecule has 2 atom stereocenters. The van der Waals surface area contributed by atoms with Crippen molar-refractivity contribution in [2.75, 3.05) is 0 Å². The average Bonchev–Trinajstić information content (AvgIpc) is 3.34. The summed E-state index contributed by atoms with van der Waals surface area (Å²) in [6.45, 7) is 24.6. The molecule has 2 aliphatic carbocycles. The van der Waals surface area contributed by atoms with Gasteiger partial charge in [0, 0.05) is 11.8 Å². The Morgan fingerprint density at radius 2 is 1.51 bits per heavy atom. The second kappa shape index (κ2) is 14.5. The van der Waals surface area contributed by atoms with Crippen molar-refractivity contribution in [3.63, 3.8) is 0 Å². The van der Waals surface area contributed by atoms with Gasteiger partial charge in [-0.15, -0.1) is 0 Å². The molecule has 0 heteroatoms. The van der Waals surface area contributed by atoms with E-state index in [0.29, 0.717) is 5.92 Å². The largest absolute Gasteiger partial charge is 0.0955 e. The summed E-state index contributed by atoms with van der Waals surface area (Å²) in [6, 6.07) is 25.4. The fraction of sp³-hybridized carbons (Fsp3) is 0.333. The van der Waals surface area contributed by atoms with Crippen LogP contribution in [0.5, 0.6) is 0 Å². The second-order valence-corrected chi connectivity index (χ2v) is 13.3. The summed E-state index contributed by atoms with van der Waals surface area (Å²) in [5, 5.41) is 0. The van der Waals surface area contributed by atoms with E-state index < -0.39 is 0 Å². The van der Waals surface area contributed by atoms with E-state index >= 15 is 0 Å². The Morgan fingerprint density at radius 1 is 0.800 bits per heavy atom. The summed E-state index contributed by atoms with van der Waals surface area (Å²) in [4.78, 5) is 0. The topological polar surface area (TPSA) is 0 Å². The zero-order valence-electron chi connectivity index (χ0n) is 28.4. The lowest BCUT2D eigenvalue weighted by molar-refractivity contribution is 0.619. The zero-order chi connectivity index (χ0) is 32.1. The predicted molar refractivity (Wildman–Crippen MR) is 198 cm³/mol. The zero-order valence-corrected chi connectivity index (χ0v) is 28.4. The highest BCUT2D eigenvalue weighted by Gasteiger charge is 2.40. The molecule has 0 heterocycles. The molecule has 0 nitrogen and oxygen atoms in total. The summed E-state index contributed by atoms with van der Waals surface area (Å²) in [6.07, 6.45) is 13.4. The summed E-state index contributed by atoms with van der Waals surface area (Å²) in [5.41, 5.74) is 19.0. The van der Waals surface area contributed by atoms with Crippen molar-refractivity contribution in [1.29, 1.82) is 0 Å². The Kier molecular flexibility index (Phi) is 10.4. The van der Waals surface area contributed by atoms with Gasteiger partial charge in [0.1, 0.15) is 0 Å². The molecule has 0 spiro atoms. The summed E-state index contributed by atoms with van der Waals surface area (Å²) < 4.78 is 0. The third kappa shape index (κ3) is 7.17. The highest BCUT2D eigenvalue weighted by Crippen LogP contribution is 2.55. The smallest absolute Gasteiger partial charge is 0.0201 e. The molecule has 0 aliphatic heterocycles. The standard InChI is InChI=1S/C45H52/c1-9-12-31(6)43-32(7)26-42-29-41(33(8)44(42)45(43)39-24-14-34(11-3)15-25-39)28-36-19-23-38(40(27-36)13-10-2)22-18-35-16-20-37(21-17-35)30(4)5/h14-17,19-21,23-28,44-45H,4,6,8-13,18,22,29H2,1-3,5,7H3. The Labute approximate surface area is 273 Å². The minimum atomic E-state index is 0.274. The molecule has 45 heavy (non-hydrogen) atoms. The van der Waals surface area contributed by atoms with Gasteiger partial charge in [0.25, 0.3) is 0 Å². The molecule has 1 saturated carbocycles. The maximum absolute atomic E-state index is 4.78. The van der Waals surface area contributed by atoms with Crippen molar-refractivity contribution in [2.24, 2.45) is 5.92 Å². The number of allylic oxidation sites excluding steroid dienone is 8. The molecular weight excluding hydrogens is 540 g/mol. The molecular formula is C45H52. The van der Waals surface area contributed by atoms with Crippen LogP contribution in [0.25, 0.3) is 11.6 Å². The summed E-state index contributed by atoms with van der Waals surface area (Å²) >= 11 is 0. The van der Waals surface area contributed by atoms with Crippen molar-refractivity contribution in [3.8, 4) is 0 Å². The quantitative estimate of drug-likeness (QED) is 0.196. The van der Waals surface area contributed by atoms with E-state index in [2.05, 4.69) is 127 Å². The molecule has 0 N–H and O–H groups in total. The Morgan fingerprint density at radius 3 is 2.16 bits per heavy atom. The number of hydrogen-bond acceptors (Lipinski definition) is 0. The number of fused-ring (bicyclic) bond motifs is 1. The van der Waals surface area contributed by atoms with Crippen LogP contribution in [-0.4, -0.2) is 0 Å². The van der Waals surface area contributed by atoms with Crippen LogP contribution in [0.4, 0.5) is 0 Å². The molecule has 0 amide bonds. The normalized spacial score (nSPS) is 18.7. The van der Waals surface area contributed by atoms with Gasteiger partial charge >= 0.3 is 0 Å². The van der Waals surface area contributed by atoms with E-state index in [4.69, 9.17) is 6.58 Å². The van der Waals surface area contributed by atoms with Crippen LogP contribution in [0.2, 0.25) is 0 Å². The summed E-state index contributed by atoms with van der Waals surface area (Å²) in [7, 11) is 0. The first-order valence-electron chi connectivity index (χ1n) is 17.2. The van der Waals surface area contributed by atoms with Gasteiger partial charge in [-0.25, -0.2) is 0 Å². The highest BCUT2D eigenvalue weighted by molar-refractivity contribution is 5.68. The molecule has 2 aliphatic rings. The maximum Gasteiger partial charge on any atom is 0.0201 e. The van der Waals surface area contributed by atoms with Gasteiger partial charge in [0.2, 0.25) is 0 Å². The lowest BCUT2D eigenvalue weighted by atomic mass is 9.69. The average molecular weight is 593 g/mol. The predicted octanol–water partition coefficient (Wildman–Crippen LogP) is 12.4. The fourth-order valence-electron chi connectivity index (χ4n) is 7.51. The van der Waals surface area contributed by atoms with Crippen LogP contribution in [0, 0.1) is 5.92 Å². The van der Waals surface area contributed by atoms with E-state index in [0.717, 1.165) is 56.9 Å². The Hall–Kier alpha value is -3.90. The molecule has 3 aromatic rings. The lowest BCUT2D eigenvalue weighted by Crippen LogP contribution is -2.21. The number of aryl methyl sites for hydroxylation is 4. The van der Waals surface area contributed by atoms with Gasteiger partial charge in [0.15, 0.2) is 0 Å². The molecule has 0 bridgehead atoms. The number of hydrogen-bond donors (Lipinski definition) is 0. The van der Waals surface area contributed by atoms with Crippen molar-refractivity contribution in [2.45, 2.75) is 91.9 Å². The van der Waals surface area contributed by atoms with Crippen LogP contribution >= 0.6 is 0 Å². The number of rotatable bonds is 12. The van der Waals surface area contributed by atoms with Crippen LogP contribution in [0.1, 0.15) is 105 Å². The minimum Gasteiger partial charge on any atom is -0.0955 e. The molecule has 5 rings (SSSR count). The van der Waals surface area contributed by atoms with Gasteiger partial charge in [-0.05, 0) is 114 Å². The summed E-state index contributed by atoms with van der Waals surface area (Å²) in [5.74, 6) is 0.567. The fourth-order valence-corrected chi connectivity index (χ4v) is 7.51. The minimum absolute atomic E-state index is 0.274. The van der Waals surface area contributed by atoms with Gasteiger partial charge in [-0.1, -0.05) is 149 Å². The molecule has 0 radical (unpaired) electrons. The second-order valence-electron chi connectivity index (χ2n) is 13.3. The molecule has 3 aromatic carbocycles. The van der Waals surface area contributed by atoms with Crippen LogP contribution in [-0.2, 0) is 25.7 Å². The van der Waals surface area contributed by atoms with Crippen LogP contribution < -0.4 is 0 Å². The molecule has 0 saturated heterocycles. The van der Waals surface area contributed by atoms with Crippen molar-refractivity contribution >= 4 is 11.6 Å². The van der Waals surface area contributed by atoms with E-state index in [1.165, 1.54) is 72.4 Å². The first-order valence-corrected chi connectivity index (χ1v) is 17.2. The third-order valence-corrected chi connectivity index (χ3v) is 9.95. The van der Waals surface area contributed by atoms with Gasteiger partial charge in [-0.3, -0.25) is 0 Å². The monoisotopic (exact) mass is 592 g/mol. The molecule has 232 valence electrons. The van der Waals surface area contributed by atoms with E-state index in [1.807, 2.05) is 0 Å². The van der Waals surface area contributed by atoms with Gasteiger partial charge < -0.3 is 0 Å². The maximum atomic E-state index is 4.78. The van der Waals surface area contributed by atoms with Crippen molar-refractivity contribution in [1.82, 2.24) is 0 Å². The van der Waals surface area contributed by atoms with E-state index in [1.54, 1.807) is 0 Å². The van der Waals surface area contributed by atoms with Gasteiger partial charge in [-0.2, -0.15) is 0 Å². The molecule has 0 aromatic heterocycles. The van der Waals surface area contributed by atoms with E-state index in [-0.39, 0.29) is 5.92 Å².